The lowest BCUT2D eigenvalue weighted by Gasteiger charge is -2.28. The molecule has 0 radical (unpaired) electrons. The van der Waals surface area contributed by atoms with E-state index in [0.717, 1.165) is 55.0 Å². The third kappa shape index (κ3) is 4.55. The van der Waals surface area contributed by atoms with Gasteiger partial charge in [0, 0.05) is 49.9 Å². The van der Waals surface area contributed by atoms with Gasteiger partial charge in [-0.2, -0.15) is 0 Å². The SMILES string of the molecule is C#Cc1c(C)c(CN2CCNCC2)cc(NC(=O)OCC2c3ccccc3-c3ccccc32)c1C. The molecule has 1 saturated heterocycles. The maximum atomic E-state index is 12.9. The first-order valence-corrected chi connectivity index (χ1v) is 12.2. The summed E-state index contributed by atoms with van der Waals surface area (Å²) < 4.78 is 5.77. The van der Waals surface area contributed by atoms with Gasteiger partial charge in [-0.15, -0.1) is 6.42 Å². The van der Waals surface area contributed by atoms with Crippen molar-refractivity contribution in [3.8, 4) is 23.5 Å². The maximum Gasteiger partial charge on any atom is 0.411 e. The highest BCUT2D eigenvalue weighted by molar-refractivity contribution is 5.87. The minimum Gasteiger partial charge on any atom is -0.448 e. The molecule has 1 amide bonds. The molecule has 1 aliphatic heterocycles. The van der Waals surface area contributed by atoms with Gasteiger partial charge in [-0.1, -0.05) is 54.5 Å². The summed E-state index contributed by atoms with van der Waals surface area (Å²) >= 11 is 0. The number of rotatable bonds is 5. The predicted octanol–water partition coefficient (Wildman–Crippen LogP) is 5.05. The van der Waals surface area contributed by atoms with Gasteiger partial charge in [0.2, 0.25) is 0 Å². The van der Waals surface area contributed by atoms with Gasteiger partial charge in [0.05, 0.1) is 0 Å². The van der Waals surface area contributed by atoms with E-state index < -0.39 is 6.09 Å². The quantitative estimate of drug-likeness (QED) is 0.518. The minimum atomic E-state index is -0.463. The minimum absolute atomic E-state index is 0.0248. The van der Waals surface area contributed by atoms with E-state index in [0.29, 0.717) is 5.69 Å². The molecule has 1 fully saturated rings. The highest BCUT2D eigenvalue weighted by Gasteiger charge is 2.29. The van der Waals surface area contributed by atoms with Crippen LogP contribution in [0.25, 0.3) is 11.1 Å². The lowest BCUT2D eigenvalue weighted by atomic mass is 9.95. The molecule has 5 rings (SSSR count). The van der Waals surface area contributed by atoms with E-state index in [4.69, 9.17) is 11.2 Å². The first kappa shape index (κ1) is 23.2. The molecule has 178 valence electrons. The number of hydrogen-bond donors (Lipinski definition) is 2. The molecule has 1 heterocycles. The number of benzene rings is 3. The van der Waals surface area contributed by atoms with Gasteiger partial charge < -0.3 is 10.1 Å². The topological polar surface area (TPSA) is 53.6 Å². The Morgan fingerprint density at radius 3 is 2.31 bits per heavy atom. The second-order valence-corrected chi connectivity index (χ2v) is 9.33. The number of nitrogens with one attached hydrogen (secondary N) is 2. The van der Waals surface area contributed by atoms with E-state index in [1.165, 1.54) is 22.3 Å². The monoisotopic (exact) mass is 465 g/mol. The molecule has 0 bridgehead atoms. The zero-order valence-electron chi connectivity index (χ0n) is 20.4. The van der Waals surface area contributed by atoms with Crippen LogP contribution in [0.1, 0.15) is 39.3 Å². The number of anilines is 1. The van der Waals surface area contributed by atoms with Crippen LogP contribution in [0.3, 0.4) is 0 Å². The molecule has 0 atom stereocenters. The molecular weight excluding hydrogens is 434 g/mol. The number of carbonyl (C=O) groups excluding carboxylic acids is 1. The molecule has 0 unspecified atom stereocenters. The predicted molar refractivity (Wildman–Crippen MR) is 141 cm³/mol. The summed E-state index contributed by atoms with van der Waals surface area (Å²) in [6, 6.07) is 18.7. The lowest BCUT2D eigenvalue weighted by Crippen LogP contribution is -2.43. The first-order chi connectivity index (χ1) is 17.1. The normalized spacial score (nSPS) is 15.2. The molecule has 5 nitrogen and oxygen atoms in total. The van der Waals surface area contributed by atoms with Crippen molar-refractivity contribution in [3.63, 3.8) is 0 Å². The van der Waals surface area contributed by atoms with Gasteiger partial charge in [0.25, 0.3) is 0 Å². The second-order valence-electron chi connectivity index (χ2n) is 9.33. The average Bonchev–Trinajstić information content (AvgIpc) is 3.20. The fourth-order valence-corrected chi connectivity index (χ4v) is 5.33. The van der Waals surface area contributed by atoms with Crippen LogP contribution in [-0.4, -0.2) is 43.8 Å². The van der Waals surface area contributed by atoms with Crippen LogP contribution in [0.15, 0.2) is 54.6 Å². The van der Waals surface area contributed by atoms with E-state index in [9.17, 15) is 4.79 Å². The molecule has 2 aliphatic rings. The Balaban J connectivity index is 1.33. The zero-order valence-corrected chi connectivity index (χ0v) is 20.4. The Morgan fingerprint density at radius 2 is 1.69 bits per heavy atom. The number of piperazine rings is 1. The van der Waals surface area contributed by atoms with Gasteiger partial charge in [-0.05, 0) is 58.9 Å². The fraction of sp³-hybridized carbons (Fsp3) is 0.300. The largest absolute Gasteiger partial charge is 0.448 e. The third-order valence-electron chi connectivity index (χ3n) is 7.28. The van der Waals surface area contributed by atoms with E-state index in [-0.39, 0.29) is 12.5 Å². The molecular formula is C30H31N3O2. The summed E-state index contributed by atoms with van der Waals surface area (Å²) in [6.07, 6.45) is 5.40. The Labute approximate surface area is 207 Å². The fourth-order valence-electron chi connectivity index (χ4n) is 5.33. The molecule has 0 aromatic heterocycles. The summed E-state index contributed by atoms with van der Waals surface area (Å²) in [4.78, 5) is 15.3. The molecule has 5 heteroatoms. The summed E-state index contributed by atoms with van der Waals surface area (Å²) in [7, 11) is 0. The molecule has 0 spiro atoms. The highest BCUT2D eigenvalue weighted by atomic mass is 16.5. The van der Waals surface area contributed by atoms with E-state index in [1.807, 2.05) is 31.2 Å². The van der Waals surface area contributed by atoms with Gasteiger partial charge in [-0.3, -0.25) is 10.2 Å². The number of hydrogen-bond acceptors (Lipinski definition) is 4. The number of ether oxygens (including phenoxy) is 1. The van der Waals surface area contributed by atoms with Crippen LogP contribution >= 0.6 is 0 Å². The van der Waals surface area contributed by atoms with Crippen LogP contribution < -0.4 is 10.6 Å². The number of amides is 1. The Kier molecular flexibility index (Phi) is 6.59. The van der Waals surface area contributed by atoms with Crippen LogP contribution in [0.2, 0.25) is 0 Å². The van der Waals surface area contributed by atoms with Gasteiger partial charge in [0.15, 0.2) is 0 Å². The van der Waals surface area contributed by atoms with Crippen molar-refractivity contribution in [2.24, 2.45) is 0 Å². The van der Waals surface area contributed by atoms with E-state index in [2.05, 4.69) is 58.7 Å². The lowest BCUT2D eigenvalue weighted by molar-refractivity contribution is 0.158. The van der Waals surface area contributed by atoms with Crippen molar-refractivity contribution in [1.82, 2.24) is 10.2 Å². The highest BCUT2D eigenvalue weighted by Crippen LogP contribution is 2.44. The Hall–Kier alpha value is -3.59. The summed E-state index contributed by atoms with van der Waals surface area (Å²) in [5.74, 6) is 2.86. The van der Waals surface area contributed by atoms with Crippen molar-refractivity contribution in [3.05, 3.63) is 88.0 Å². The summed E-state index contributed by atoms with van der Waals surface area (Å²) in [6.45, 7) is 9.06. The third-order valence-corrected chi connectivity index (χ3v) is 7.28. The van der Waals surface area contributed by atoms with Crippen LogP contribution in [-0.2, 0) is 11.3 Å². The second kappa shape index (κ2) is 9.95. The first-order valence-electron chi connectivity index (χ1n) is 12.2. The van der Waals surface area contributed by atoms with Crippen LogP contribution in [0.5, 0.6) is 0 Å². The number of nitrogens with zero attached hydrogens (tertiary/aromatic N) is 1. The number of fused-ring (bicyclic) bond motifs is 3. The molecule has 0 saturated carbocycles. The molecule has 3 aromatic rings. The van der Waals surface area contributed by atoms with Crippen molar-refractivity contribution >= 4 is 11.8 Å². The van der Waals surface area contributed by atoms with Crippen molar-refractivity contribution < 1.29 is 9.53 Å². The van der Waals surface area contributed by atoms with Gasteiger partial charge >= 0.3 is 6.09 Å². The van der Waals surface area contributed by atoms with Crippen LogP contribution in [0, 0.1) is 26.2 Å². The molecule has 2 N–H and O–H groups in total. The van der Waals surface area contributed by atoms with Gasteiger partial charge in [-0.25, -0.2) is 4.79 Å². The molecule has 35 heavy (non-hydrogen) atoms. The molecule has 3 aromatic carbocycles. The smallest absolute Gasteiger partial charge is 0.411 e. The maximum absolute atomic E-state index is 12.9. The number of terminal acetylenes is 1. The summed E-state index contributed by atoms with van der Waals surface area (Å²) in [5, 5.41) is 6.36. The standard InChI is InChI=1S/C30H31N3O2/c1-4-23-20(2)22(18-33-15-13-31-14-16-33)17-29(21(23)3)32-30(34)35-19-28-26-11-7-5-9-24(26)25-10-6-8-12-27(25)28/h1,5-12,17,28,31H,13-16,18-19H2,2-3H3,(H,32,34). The number of carbonyl (C=O) groups is 1. The van der Waals surface area contributed by atoms with E-state index >= 15 is 0 Å². The van der Waals surface area contributed by atoms with Crippen molar-refractivity contribution in [1.29, 1.82) is 0 Å². The average molecular weight is 466 g/mol. The Bertz CT molecular complexity index is 1260. The van der Waals surface area contributed by atoms with Crippen molar-refractivity contribution in [2.45, 2.75) is 26.3 Å². The van der Waals surface area contributed by atoms with Gasteiger partial charge in [0.1, 0.15) is 6.61 Å². The van der Waals surface area contributed by atoms with Crippen molar-refractivity contribution in [2.75, 3.05) is 38.1 Å². The Morgan fingerprint density at radius 1 is 1.06 bits per heavy atom. The summed E-state index contributed by atoms with van der Waals surface area (Å²) in [5.41, 5.74) is 9.49. The van der Waals surface area contributed by atoms with Crippen LogP contribution in [0.4, 0.5) is 10.5 Å². The zero-order chi connectivity index (χ0) is 24.4. The molecule has 1 aliphatic carbocycles. The van der Waals surface area contributed by atoms with E-state index in [1.54, 1.807) is 0 Å².